The number of nitriles is 1. The van der Waals surface area contributed by atoms with Crippen molar-refractivity contribution in [3.8, 4) is 6.07 Å². The minimum Gasteiger partial charge on any atom is -0.291 e. The third-order valence-corrected chi connectivity index (χ3v) is 6.16. The van der Waals surface area contributed by atoms with Crippen molar-refractivity contribution in [1.29, 1.82) is 5.26 Å². The molecule has 3 aromatic rings. The SMILES string of the molecule is CC(C)=C(c1cc(F)cc(F)c1)C1CN(C(c2ccc(Cl)cc2)c2cccc(C#N)c2)C1. The lowest BCUT2D eigenvalue weighted by Crippen LogP contribution is -2.49. The second kappa shape index (κ2) is 9.24. The molecule has 1 aliphatic rings. The summed E-state index contributed by atoms with van der Waals surface area (Å²) in [7, 11) is 0. The molecule has 5 heteroatoms. The number of benzene rings is 3. The minimum absolute atomic E-state index is 0.0422. The van der Waals surface area contributed by atoms with Gasteiger partial charge in [-0.25, -0.2) is 8.78 Å². The highest BCUT2D eigenvalue weighted by molar-refractivity contribution is 6.30. The summed E-state index contributed by atoms with van der Waals surface area (Å²) in [6, 6.07) is 21.2. The number of allylic oxidation sites excluding steroid dienone is 1. The Morgan fingerprint density at radius 1 is 0.969 bits per heavy atom. The van der Waals surface area contributed by atoms with Gasteiger partial charge >= 0.3 is 0 Å². The largest absolute Gasteiger partial charge is 0.291 e. The molecule has 1 heterocycles. The first-order valence-electron chi connectivity index (χ1n) is 10.5. The van der Waals surface area contributed by atoms with Crippen molar-refractivity contribution >= 4 is 17.2 Å². The number of halogens is 3. The molecule has 1 unspecified atom stereocenters. The van der Waals surface area contributed by atoms with Crippen LogP contribution in [0.4, 0.5) is 8.78 Å². The zero-order valence-corrected chi connectivity index (χ0v) is 18.7. The quantitative estimate of drug-likeness (QED) is 0.420. The van der Waals surface area contributed by atoms with Crippen LogP contribution in [0, 0.1) is 28.9 Å². The molecule has 0 aromatic heterocycles. The van der Waals surface area contributed by atoms with Gasteiger partial charge in [0.2, 0.25) is 0 Å². The maximum Gasteiger partial charge on any atom is 0.126 e. The molecule has 0 N–H and O–H groups in total. The molecule has 162 valence electrons. The summed E-state index contributed by atoms with van der Waals surface area (Å²) in [5.74, 6) is -0.972. The molecule has 0 amide bonds. The van der Waals surface area contributed by atoms with E-state index in [1.165, 1.54) is 12.1 Å². The minimum atomic E-state index is -0.567. The van der Waals surface area contributed by atoms with E-state index in [1.807, 2.05) is 56.3 Å². The number of hydrogen-bond donors (Lipinski definition) is 0. The average Bonchev–Trinajstić information content (AvgIpc) is 2.72. The molecule has 32 heavy (non-hydrogen) atoms. The van der Waals surface area contributed by atoms with E-state index in [2.05, 4.69) is 11.0 Å². The molecular weight excluding hydrogens is 426 g/mol. The molecule has 0 aliphatic carbocycles. The van der Waals surface area contributed by atoms with Crippen molar-refractivity contribution in [1.82, 2.24) is 4.90 Å². The second-order valence-electron chi connectivity index (χ2n) is 8.41. The highest BCUT2D eigenvalue weighted by Crippen LogP contribution is 2.41. The molecule has 3 aromatic carbocycles. The van der Waals surface area contributed by atoms with Gasteiger partial charge in [-0.3, -0.25) is 4.90 Å². The molecule has 2 nitrogen and oxygen atoms in total. The Labute approximate surface area is 192 Å². The predicted octanol–water partition coefficient (Wildman–Crippen LogP) is 7.00. The summed E-state index contributed by atoms with van der Waals surface area (Å²) in [5, 5.41) is 10.0. The van der Waals surface area contributed by atoms with Crippen molar-refractivity contribution in [2.45, 2.75) is 19.9 Å². The first-order chi connectivity index (χ1) is 15.4. The van der Waals surface area contributed by atoms with Crippen LogP contribution >= 0.6 is 11.6 Å². The number of rotatable bonds is 5. The van der Waals surface area contributed by atoms with Crippen LogP contribution in [0.25, 0.3) is 5.57 Å². The molecule has 0 saturated carbocycles. The van der Waals surface area contributed by atoms with Gasteiger partial charge in [0.25, 0.3) is 0 Å². The van der Waals surface area contributed by atoms with Gasteiger partial charge in [0, 0.05) is 30.1 Å². The van der Waals surface area contributed by atoms with Crippen LogP contribution in [0.1, 0.15) is 42.1 Å². The monoisotopic (exact) mass is 448 g/mol. The Balaban J connectivity index is 1.65. The molecule has 1 saturated heterocycles. The van der Waals surface area contributed by atoms with E-state index in [0.717, 1.165) is 41.4 Å². The van der Waals surface area contributed by atoms with Crippen molar-refractivity contribution in [3.63, 3.8) is 0 Å². The Hall–Kier alpha value is -3.00. The Bertz CT molecular complexity index is 1180. The Morgan fingerprint density at radius 2 is 1.62 bits per heavy atom. The van der Waals surface area contributed by atoms with E-state index in [4.69, 9.17) is 11.6 Å². The van der Waals surface area contributed by atoms with E-state index in [9.17, 15) is 14.0 Å². The Morgan fingerprint density at radius 3 is 2.22 bits per heavy atom. The zero-order chi connectivity index (χ0) is 22.8. The molecule has 1 atom stereocenters. The highest BCUT2D eigenvalue weighted by atomic mass is 35.5. The lowest BCUT2D eigenvalue weighted by molar-refractivity contribution is 0.100. The third-order valence-electron chi connectivity index (χ3n) is 5.91. The summed E-state index contributed by atoms with van der Waals surface area (Å²) in [6.45, 7) is 5.44. The van der Waals surface area contributed by atoms with Gasteiger partial charge in [-0.15, -0.1) is 0 Å². The smallest absolute Gasteiger partial charge is 0.126 e. The van der Waals surface area contributed by atoms with Crippen molar-refractivity contribution in [3.05, 3.63) is 111 Å². The summed E-state index contributed by atoms with van der Waals surface area (Å²) < 4.78 is 27.8. The fourth-order valence-electron chi connectivity index (χ4n) is 4.59. The fourth-order valence-corrected chi connectivity index (χ4v) is 4.71. The van der Waals surface area contributed by atoms with Crippen LogP contribution in [0.15, 0.2) is 72.3 Å². The zero-order valence-electron chi connectivity index (χ0n) is 17.9. The molecule has 1 aliphatic heterocycles. The standard InChI is InChI=1S/C27H23ClF2N2/c1-17(2)26(21-11-24(29)13-25(30)12-21)22-15-32(16-22)27(19-6-8-23(28)9-7-19)20-5-3-4-18(10-20)14-31/h3-13,22,27H,15-16H2,1-2H3. The lowest BCUT2D eigenvalue weighted by Gasteiger charge is -2.46. The maximum absolute atomic E-state index is 13.9. The summed E-state index contributed by atoms with van der Waals surface area (Å²) in [5.41, 5.74) is 5.36. The van der Waals surface area contributed by atoms with Gasteiger partial charge < -0.3 is 0 Å². The fraction of sp³-hybridized carbons (Fsp3) is 0.222. The van der Waals surface area contributed by atoms with Gasteiger partial charge in [-0.05, 0) is 72.5 Å². The molecular formula is C27H23ClF2N2. The summed E-state index contributed by atoms with van der Waals surface area (Å²) in [6.07, 6.45) is 0. The molecule has 1 fully saturated rings. The first-order valence-corrected chi connectivity index (χ1v) is 10.9. The van der Waals surface area contributed by atoms with E-state index in [1.54, 1.807) is 6.07 Å². The van der Waals surface area contributed by atoms with E-state index in [-0.39, 0.29) is 12.0 Å². The van der Waals surface area contributed by atoms with E-state index < -0.39 is 11.6 Å². The van der Waals surface area contributed by atoms with Gasteiger partial charge in [-0.1, -0.05) is 41.4 Å². The van der Waals surface area contributed by atoms with Gasteiger partial charge in [0.15, 0.2) is 0 Å². The third kappa shape index (κ3) is 4.60. The lowest BCUT2D eigenvalue weighted by atomic mass is 9.81. The van der Waals surface area contributed by atoms with E-state index in [0.29, 0.717) is 16.1 Å². The van der Waals surface area contributed by atoms with Crippen LogP contribution in [0.5, 0.6) is 0 Å². The summed E-state index contributed by atoms with van der Waals surface area (Å²) in [4.78, 5) is 2.32. The van der Waals surface area contributed by atoms with Gasteiger partial charge in [0.05, 0.1) is 17.7 Å². The molecule has 4 rings (SSSR count). The number of likely N-dealkylation sites (tertiary alicyclic amines) is 1. The highest BCUT2D eigenvalue weighted by Gasteiger charge is 2.37. The van der Waals surface area contributed by atoms with Crippen LogP contribution in [0.2, 0.25) is 5.02 Å². The molecule has 0 spiro atoms. The molecule has 0 bridgehead atoms. The van der Waals surface area contributed by atoms with Crippen LogP contribution in [-0.4, -0.2) is 18.0 Å². The summed E-state index contributed by atoms with van der Waals surface area (Å²) >= 11 is 6.11. The van der Waals surface area contributed by atoms with E-state index >= 15 is 0 Å². The first kappa shape index (κ1) is 22.2. The van der Waals surface area contributed by atoms with Crippen LogP contribution in [-0.2, 0) is 0 Å². The predicted molar refractivity (Wildman–Crippen MR) is 124 cm³/mol. The van der Waals surface area contributed by atoms with Crippen LogP contribution < -0.4 is 0 Å². The second-order valence-corrected chi connectivity index (χ2v) is 8.85. The van der Waals surface area contributed by atoms with Gasteiger partial charge in [0.1, 0.15) is 11.6 Å². The van der Waals surface area contributed by atoms with Gasteiger partial charge in [-0.2, -0.15) is 5.26 Å². The van der Waals surface area contributed by atoms with Crippen molar-refractivity contribution in [2.24, 2.45) is 5.92 Å². The Kier molecular flexibility index (Phi) is 6.41. The van der Waals surface area contributed by atoms with Crippen LogP contribution in [0.3, 0.4) is 0 Å². The topological polar surface area (TPSA) is 27.0 Å². The normalized spacial score (nSPS) is 15.0. The maximum atomic E-state index is 13.9. The van der Waals surface area contributed by atoms with Crippen molar-refractivity contribution < 1.29 is 8.78 Å². The average molecular weight is 449 g/mol. The number of nitrogens with zero attached hydrogens (tertiary/aromatic N) is 2. The van der Waals surface area contributed by atoms with Crippen molar-refractivity contribution in [2.75, 3.05) is 13.1 Å². The molecule has 0 radical (unpaired) electrons. The number of hydrogen-bond acceptors (Lipinski definition) is 2.